The number of thioether (sulfide) groups is 1. The van der Waals surface area contributed by atoms with Crippen LogP contribution in [0.25, 0.3) is 0 Å². The second-order valence-corrected chi connectivity index (χ2v) is 9.97. The molecule has 3 aromatic rings. The molecule has 0 aliphatic heterocycles. The van der Waals surface area contributed by atoms with Crippen molar-refractivity contribution < 1.29 is 9.59 Å². The number of nitrogens with zero attached hydrogens (tertiary/aromatic N) is 1. The fraction of sp³-hybridized carbons (Fsp3) is 0.259. The van der Waals surface area contributed by atoms with Crippen molar-refractivity contribution in [3.8, 4) is 0 Å². The van der Waals surface area contributed by atoms with E-state index in [-0.39, 0.29) is 11.8 Å². The lowest BCUT2D eigenvalue weighted by Crippen LogP contribution is -2.49. The number of carbonyl (C=O) groups excluding carboxylic acids is 2. The molecule has 172 valence electrons. The van der Waals surface area contributed by atoms with Crippen molar-refractivity contribution in [2.75, 3.05) is 12.8 Å². The Balaban J connectivity index is 1.80. The van der Waals surface area contributed by atoms with E-state index >= 15 is 0 Å². The Morgan fingerprint density at radius 2 is 1.67 bits per heavy atom. The van der Waals surface area contributed by atoms with Crippen LogP contribution in [0.15, 0.2) is 88.2 Å². The van der Waals surface area contributed by atoms with Crippen molar-refractivity contribution in [2.45, 2.75) is 37.2 Å². The normalized spacial score (nSPS) is 11.6. The van der Waals surface area contributed by atoms with E-state index < -0.39 is 6.04 Å². The average Bonchev–Trinajstić information content (AvgIpc) is 2.82. The third-order valence-corrected chi connectivity index (χ3v) is 6.87. The summed E-state index contributed by atoms with van der Waals surface area (Å²) in [6.45, 7) is 2.43. The number of benzene rings is 3. The standard InChI is InChI=1S/C27H29BrN2O2S/c1-20-11-13-24(14-12-20)33-16-15-26(31)30(19-22-9-6-10-23(28)17-22)25(27(32)29-2)18-21-7-4-3-5-8-21/h3-14,17,25H,15-16,18-19H2,1-2H3,(H,29,32)/t25-/m0/s1. The Hall–Kier alpha value is -2.57. The fourth-order valence-electron chi connectivity index (χ4n) is 3.59. The van der Waals surface area contributed by atoms with Gasteiger partial charge in [0.05, 0.1) is 0 Å². The largest absolute Gasteiger partial charge is 0.357 e. The lowest BCUT2D eigenvalue weighted by atomic mass is 10.0. The van der Waals surface area contributed by atoms with E-state index in [1.807, 2.05) is 54.6 Å². The van der Waals surface area contributed by atoms with Crippen molar-refractivity contribution in [1.29, 1.82) is 0 Å². The summed E-state index contributed by atoms with van der Waals surface area (Å²) in [5.41, 5.74) is 3.21. The summed E-state index contributed by atoms with van der Waals surface area (Å²) in [5.74, 6) is 0.468. The minimum Gasteiger partial charge on any atom is -0.357 e. The number of aryl methyl sites for hydroxylation is 1. The highest BCUT2D eigenvalue weighted by Crippen LogP contribution is 2.22. The Bertz CT molecular complexity index is 1060. The lowest BCUT2D eigenvalue weighted by Gasteiger charge is -2.31. The minimum absolute atomic E-state index is 0.0286. The molecule has 0 saturated carbocycles. The van der Waals surface area contributed by atoms with E-state index in [4.69, 9.17) is 0 Å². The first-order chi connectivity index (χ1) is 16.0. The molecular weight excluding hydrogens is 496 g/mol. The van der Waals surface area contributed by atoms with Crippen molar-refractivity contribution in [3.63, 3.8) is 0 Å². The molecule has 33 heavy (non-hydrogen) atoms. The van der Waals surface area contributed by atoms with Gasteiger partial charge in [0.2, 0.25) is 11.8 Å². The lowest BCUT2D eigenvalue weighted by molar-refractivity contribution is -0.140. The summed E-state index contributed by atoms with van der Waals surface area (Å²) in [4.78, 5) is 29.2. The summed E-state index contributed by atoms with van der Waals surface area (Å²) < 4.78 is 0.946. The molecule has 0 heterocycles. The topological polar surface area (TPSA) is 49.4 Å². The molecule has 2 amide bonds. The smallest absolute Gasteiger partial charge is 0.242 e. The fourth-order valence-corrected chi connectivity index (χ4v) is 4.87. The summed E-state index contributed by atoms with van der Waals surface area (Å²) in [7, 11) is 1.62. The van der Waals surface area contributed by atoms with E-state index in [2.05, 4.69) is 52.4 Å². The number of hydrogen-bond donors (Lipinski definition) is 1. The molecule has 0 unspecified atom stereocenters. The Morgan fingerprint density at radius 1 is 0.970 bits per heavy atom. The Kier molecular flexibility index (Phi) is 9.58. The molecule has 0 radical (unpaired) electrons. The van der Waals surface area contributed by atoms with Gasteiger partial charge in [0.25, 0.3) is 0 Å². The predicted octanol–water partition coefficient (Wildman–Crippen LogP) is 5.63. The SMILES string of the molecule is CNC(=O)[C@H](Cc1ccccc1)N(Cc1cccc(Br)c1)C(=O)CCSc1ccc(C)cc1. The van der Waals surface area contributed by atoms with Crippen LogP contribution in [0.5, 0.6) is 0 Å². The molecule has 6 heteroatoms. The molecule has 4 nitrogen and oxygen atoms in total. The summed E-state index contributed by atoms with van der Waals surface area (Å²) in [6.07, 6.45) is 0.820. The molecule has 0 aromatic heterocycles. The predicted molar refractivity (Wildman–Crippen MR) is 139 cm³/mol. The van der Waals surface area contributed by atoms with Gasteiger partial charge in [-0.25, -0.2) is 0 Å². The van der Waals surface area contributed by atoms with Crippen LogP contribution in [-0.2, 0) is 22.6 Å². The molecule has 0 aliphatic rings. The van der Waals surface area contributed by atoms with Gasteiger partial charge in [0, 0.05) is 41.6 Å². The summed E-state index contributed by atoms with van der Waals surface area (Å²) in [5, 5.41) is 2.76. The van der Waals surface area contributed by atoms with Gasteiger partial charge in [-0.3, -0.25) is 9.59 Å². The van der Waals surface area contributed by atoms with Crippen molar-refractivity contribution in [1.82, 2.24) is 10.2 Å². The molecule has 3 aromatic carbocycles. The highest BCUT2D eigenvalue weighted by Gasteiger charge is 2.29. The van der Waals surface area contributed by atoms with Gasteiger partial charge in [-0.05, 0) is 42.3 Å². The number of likely N-dealkylation sites (N-methyl/N-ethyl adjacent to an activating group) is 1. The first-order valence-corrected chi connectivity index (χ1v) is 12.7. The van der Waals surface area contributed by atoms with Crippen LogP contribution in [0, 0.1) is 6.92 Å². The van der Waals surface area contributed by atoms with E-state index in [0.717, 1.165) is 20.5 Å². The second-order valence-electron chi connectivity index (χ2n) is 7.88. The van der Waals surface area contributed by atoms with E-state index in [1.165, 1.54) is 5.56 Å². The van der Waals surface area contributed by atoms with Gasteiger partial charge in [-0.1, -0.05) is 76.1 Å². The van der Waals surface area contributed by atoms with Crippen LogP contribution in [0.2, 0.25) is 0 Å². The number of carbonyl (C=O) groups is 2. The van der Waals surface area contributed by atoms with Gasteiger partial charge in [0.1, 0.15) is 6.04 Å². The van der Waals surface area contributed by atoms with Crippen LogP contribution in [0.1, 0.15) is 23.1 Å². The number of rotatable bonds is 10. The van der Waals surface area contributed by atoms with Crippen molar-refractivity contribution in [3.05, 3.63) is 100 Å². The molecular formula is C27H29BrN2O2S. The average molecular weight is 526 g/mol. The number of halogens is 1. The monoisotopic (exact) mass is 524 g/mol. The third kappa shape index (κ3) is 7.76. The summed E-state index contributed by atoms with van der Waals surface area (Å²) in [6, 6.07) is 25.4. The molecule has 3 rings (SSSR count). The number of hydrogen-bond acceptors (Lipinski definition) is 3. The van der Waals surface area contributed by atoms with Crippen LogP contribution in [0.3, 0.4) is 0 Å². The number of amides is 2. The first kappa shape index (κ1) is 25.1. The van der Waals surface area contributed by atoms with Crippen LogP contribution in [-0.4, -0.2) is 35.6 Å². The Labute approximate surface area is 208 Å². The highest BCUT2D eigenvalue weighted by molar-refractivity contribution is 9.10. The van der Waals surface area contributed by atoms with E-state index in [0.29, 0.717) is 25.1 Å². The second kappa shape index (κ2) is 12.6. The van der Waals surface area contributed by atoms with Gasteiger partial charge < -0.3 is 10.2 Å². The van der Waals surface area contributed by atoms with Gasteiger partial charge >= 0.3 is 0 Å². The maximum atomic E-state index is 13.4. The molecule has 0 fully saturated rings. The summed E-state index contributed by atoms with van der Waals surface area (Å²) >= 11 is 5.17. The van der Waals surface area contributed by atoms with Gasteiger partial charge in [0.15, 0.2) is 0 Å². The van der Waals surface area contributed by atoms with Crippen LogP contribution < -0.4 is 5.32 Å². The van der Waals surface area contributed by atoms with Crippen molar-refractivity contribution >= 4 is 39.5 Å². The molecule has 0 saturated heterocycles. The maximum absolute atomic E-state index is 13.4. The Morgan fingerprint density at radius 3 is 2.33 bits per heavy atom. The third-order valence-electron chi connectivity index (χ3n) is 5.37. The molecule has 1 N–H and O–H groups in total. The van der Waals surface area contributed by atoms with Gasteiger partial charge in [-0.15, -0.1) is 11.8 Å². The molecule has 0 aliphatic carbocycles. The number of nitrogens with one attached hydrogen (secondary N) is 1. The van der Waals surface area contributed by atoms with Crippen LogP contribution in [0.4, 0.5) is 0 Å². The zero-order valence-electron chi connectivity index (χ0n) is 19.0. The quantitative estimate of drug-likeness (QED) is 0.350. The molecule has 0 bridgehead atoms. The first-order valence-electron chi connectivity index (χ1n) is 10.9. The van der Waals surface area contributed by atoms with Gasteiger partial charge in [-0.2, -0.15) is 0 Å². The van der Waals surface area contributed by atoms with Crippen molar-refractivity contribution in [2.24, 2.45) is 0 Å². The van der Waals surface area contributed by atoms with E-state index in [1.54, 1.807) is 23.7 Å². The zero-order valence-corrected chi connectivity index (χ0v) is 21.4. The zero-order chi connectivity index (χ0) is 23.6. The van der Waals surface area contributed by atoms with E-state index in [9.17, 15) is 9.59 Å². The molecule has 0 spiro atoms. The maximum Gasteiger partial charge on any atom is 0.242 e. The minimum atomic E-state index is -0.590. The highest BCUT2D eigenvalue weighted by atomic mass is 79.9. The molecule has 1 atom stereocenters. The van der Waals surface area contributed by atoms with Crippen LogP contribution >= 0.6 is 27.7 Å².